The molecule has 18 N–H and O–H groups in total. The van der Waals surface area contributed by atoms with E-state index in [1.54, 1.807) is 0 Å². The molecule has 31 nitrogen and oxygen atoms in total. The first-order valence-corrected chi connectivity index (χ1v) is 34.1. The number of aliphatic hydroxyl groups excluding tert-OH is 18. The standard InChI is InChI=1S/C65H106O31/c1-25-36(70)41(75)45(79)55(87-25)93-50-31(22-68)90-53(47(81)43(50)77)86-24-32-38(72)42(76)46(80)56(91-32)96-59(84)65-17-15-60(2,3)19-27(65)26-9-10-34-62(6)13-12-35(61(4,5)33(62)11-14-64(34,8)63(26,7)16-18-65)92-57-48(82)52(40(74)29(20-66)88-57)95-58-49(83)51(39(73)30(21-67)89-58)94-54-44(78)37(71)28(69)23-85-54/h9,25,27-58,66-83H,10-24H2,1-8H3/t25?,27?,28-,29?,30?,31?,32?,33?,34?,35+,36+,37-,38-,39-,40-,41?,42?,43?,44+,45+,46+,47+,48+,49+,50-,51?,52?,53-,54?,55+,56+,57+,58+,62+,63-,64-,65+/m1/s1. The molecule has 0 bridgehead atoms. The van der Waals surface area contributed by atoms with Crippen LogP contribution in [0, 0.1) is 50.2 Å². The Morgan fingerprint density at radius 1 is 0.490 bits per heavy atom. The highest BCUT2D eigenvalue weighted by atomic mass is 16.8. The van der Waals surface area contributed by atoms with Gasteiger partial charge in [-0.2, -0.15) is 0 Å². The Morgan fingerprint density at radius 3 is 1.66 bits per heavy atom. The summed E-state index contributed by atoms with van der Waals surface area (Å²) < 4.78 is 70.8. The zero-order valence-corrected chi connectivity index (χ0v) is 55.6. The van der Waals surface area contributed by atoms with Crippen LogP contribution in [0.5, 0.6) is 0 Å². The van der Waals surface area contributed by atoms with E-state index in [9.17, 15) is 91.9 Å². The van der Waals surface area contributed by atoms with Crippen LogP contribution in [0.4, 0.5) is 0 Å². The van der Waals surface area contributed by atoms with Crippen molar-refractivity contribution in [3.63, 3.8) is 0 Å². The minimum Gasteiger partial charge on any atom is -0.432 e. The van der Waals surface area contributed by atoms with Crippen LogP contribution < -0.4 is 0 Å². The monoisotopic (exact) mass is 1380 g/mol. The summed E-state index contributed by atoms with van der Waals surface area (Å²) in [5.41, 5.74) is -1.67. The predicted molar refractivity (Wildman–Crippen MR) is 321 cm³/mol. The SMILES string of the molecule is CC1O[C@@H](O[C@@H]2C(CO)O[C@@H](OCC3O[C@@H](OC(=O)[C@]45CCC(C)(C)CC4C4=CCC6[C@@]7(C)CC[C@H](O[C@@H]8OC(CO)[C@@H](O)C(O[C@@H]9OC(CO)[C@@H](O)C(OC%10OC[C@@H](O)[C@@H](O)[C@@H]%10O)[C@@H]9O)[C@@H]8O)C(C)(C)C7CC[C@@]6(C)[C@]4(C)CC5)[C@@H](O)C(O)[C@@H]3O)[C@@H](O)C2O)[C@@H](O)C(O)[C@H]1O. The van der Waals surface area contributed by atoms with E-state index in [0.29, 0.717) is 51.4 Å². The predicted octanol–water partition coefficient (Wildman–Crippen LogP) is -4.72. The topological polar surface area (TPSA) is 492 Å². The third-order valence-corrected chi connectivity index (χ3v) is 25.2. The fraction of sp³-hybridized carbons (Fsp3) is 0.954. The second-order valence-electron chi connectivity index (χ2n) is 31.5. The molecule has 5 aliphatic carbocycles. The molecule has 11 aliphatic rings. The number of esters is 1. The van der Waals surface area contributed by atoms with Crippen molar-refractivity contribution in [2.75, 3.05) is 33.0 Å². The molecule has 0 radical (unpaired) electrons. The molecule has 6 saturated heterocycles. The van der Waals surface area contributed by atoms with Crippen molar-refractivity contribution in [1.29, 1.82) is 0 Å². The molecule has 4 saturated carbocycles. The number of ether oxygens (including phenoxy) is 12. The molecule has 0 spiro atoms. The van der Waals surface area contributed by atoms with Gasteiger partial charge in [-0.3, -0.25) is 4.79 Å². The van der Waals surface area contributed by atoms with Crippen molar-refractivity contribution >= 4 is 5.97 Å². The minimum absolute atomic E-state index is 0.0517. The second kappa shape index (κ2) is 28.3. The summed E-state index contributed by atoms with van der Waals surface area (Å²) in [5.74, 6) is -0.745. The van der Waals surface area contributed by atoms with E-state index in [1.165, 1.54) is 12.5 Å². The van der Waals surface area contributed by atoms with Gasteiger partial charge in [0.15, 0.2) is 31.5 Å². The van der Waals surface area contributed by atoms with Gasteiger partial charge in [0.1, 0.15) is 134 Å². The number of aliphatic hydroxyl groups is 18. The van der Waals surface area contributed by atoms with E-state index in [0.717, 1.165) is 12.8 Å². The quantitative estimate of drug-likeness (QED) is 0.0392. The lowest BCUT2D eigenvalue weighted by Gasteiger charge is -2.71. The molecule has 96 heavy (non-hydrogen) atoms. The van der Waals surface area contributed by atoms with Crippen LogP contribution in [0.25, 0.3) is 0 Å². The third-order valence-electron chi connectivity index (χ3n) is 25.2. The average molecular weight is 1380 g/mol. The van der Waals surface area contributed by atoms with Gasteiger partial charge < -0.3 is 149 Å². The van der Waals surface area contributed by atoms with Crippen LogP contribution in [-0.2, 0) is 61.6 Å². The van der Waals surface area contributed by atoms with Crippen LogP contribution in [0.2, 0.25) is 0 Å². The summed E-state index contributed by atoms with van der Waals surface area (Å²) in [6.45, 7) is 13.6. The molecule has 6 aliphatic heterocycles. The lowest BCUT2D eigenvalue weighted by atomic mass is 9.33. The molecule has 0 amide bonds. The number of fused-ring (bicyclic) bond motifs is 7. The Labute approximate surface area is 556 Å². The minimum atomic E-state index is -1.93. The van der Waals surface area contributed by atoms with E-state index in [-0.39, 0.29) is 34.0 Å². The first-order chi connectivity index (χ1) is 45.0. The van der Waals surface area contributed by atoms with E-state index >= 15 is 4.79 Å². The van der Waals surface area contributed by atoms with Crippen LogP contribution >= 0.6 is 0 Å². The van der Waals surface area contributed by atoms with Crippen LogP contribution in [0.1, 0.15) is 120 Å². The van der Waals surface area contributed by atoms with Crippen LogP contribution in [0.3, 0.4) is 0 Å². The molecule has 0 aromatic carbocycles. The maximum atomic E-state index is 15.3. The Bertz CT molecular complexity index is 2690. The zero-order chi connectivity index (χ0) is 70.0. The summed E-state index contributed by atoms with van der Waals surface area (Å²) >= 11 is 0. The number of rotatable bonds is 16. The van der Waals surface area contributed by atoms with Crippen molar-refractivity contribution in [3.8, 4) is 0 Å². The largest absolute Gasteiger partial charge is 0.432 e. The highest BCUT2D eigenvalue weighted by Gasteiger charge is 2.71. The van der Waals surface area contributed by atoms with Gasteiger partial charge in [0.25, 0.3) is 0 Å². The summed E-state index contributed by atoms with van der Waals surface area (Å²) in [7, 11) is 0. The van der Waals surface area contributed by atoms with E-state index in [4.69, 9.17) is 56.8 Å². The van der Waals surface area contributed by atoms with Crippen molar-refractivity contribution in [2.24, 2.45) is 50.2 Å². The molecule has 552 valence electrons. The Morgan fingerprint density at radius 2 is 1.02 bits per heavy atom. The summed E-state index contributed by atoms with van der Waals surface area (Å²) in [6, 6.07) is 0. The van der Waals surface area contributed by atoms with Crippen LogP contribution in [-0.4, -0.2) is 315 Å². The van der Waals surface area contributed by atoms with Gasteiger partial charge in [-0.25, -0.2) is 0 Å². The molecule has 14 unspecified atom stereocenters. The Balaban J connectivity index is 0.760. The van der Waals surface area contributed by atoms with Gasteiger partial charge in [-0.15, -0.1) is 0 Å². The molecule has 0 aromatic rings. The number of hydrogen-bond acceptors (Lipinski definition) is 31. The summed E-state index contributed by atoms with van der Waals surface area (Å²) in [5, 5.41) is 195. The fourth-order valence-electron chi connectivity index (χ4n) is 19.1. The third kappa shape index (κ3) is 12.9. The maximum Gasteiger partial charge on any atom is 0.315 e. The molecular weight excluding hydrogens is 1280 g/mol. The molecule has 6 heterocycles. The molecule has 10 fully saturated rings. The van der Waals surface area contributed by atoms with Gasteiger partial charge in [-0.05, 0) is 116 Å². The first-order valence-electron chi connectivity index (χ1n) is 34.1. The van der Waals surface area contributed by atoms with Crippen molar-refractivity contribution in [2.45, 2.75) is 304 Å². The van der Waals surface area contributed by atoms with Gasteiger partial charge in [0, 0.05) is 0 Å². The van der Waals surface area contributed by atoms with Crippen LogP contribution in [0.15, 0.2) is 11.6 Å². The molecule has 31 heteroatoms. The van der Waals surface area contributed by atoms with Crippen molar-refractivity contribution < 1.29 is 154 Å². The summed E-state index contributed by atoms with van der Waals surface area (Å²) in [4.78, 5) is 15.3. The maximum absolute atomic E-state index is 15.3. The number of hydrogen-bond donors (Lipinski definition) is 18. The second-order valence-corrected chi connectivity index (χ2v) is 31.5. The van der Waals surface area contributed by atoms with E-state index < -0.39 is 239 Å². The summed E-state index contributed by atoms with van der Waals surface area (Å²) in [6.07, 6.45) is -40.3. The lowest BCUT2D eigenvalue weighted by Crippen LogP contribution is -2.67. The Hall–Kier alpha value is -1.95. The van der Waals surface area contributed by atoms with Gasteiger partial charge in [0.2, 0.25) is 6.29 Å². The highest BCUT2D eigenvalue weighted by molar-refractivity contribution is 5.79. The highest BCUT2D eigenvalue weighted by Crippen LogP contribution is 2.76. The fourth-order valence-corrected chi connectivity index (χ4v) is 19.1. The normalized spacial score (nSPS) is 54.1. The Kier molecular flexibility index (Phi) is 22.1. The van der Waals surface area contributed by atoms with E-state index in [2.05, 4.69) is 54.5 Å². The van der Waals surface area contributed by atoms with Gasteiger partial charge in [0.05, 0.1) is 50.7 Å². The van der Waals surface area contributed by atoms with E-state index in [1.807, 2.05) is 0 Å². The molecular formula is C65H106O31. The molecule has 37 atom stereocenters. The first kappa shape index (κ1) is 75.2. The molecule has 11 rings (SSSR count). The number of allylic oxidation sites excluding steroid dienone is 2. The van der Waals surface area contributed by atoms with Gasteiger partial charge >= 0.3 is 5.97 Å². The molecule has 0 aromatic heterocycles. The zero-order valence-electron chi connectivity index (χ0n) is 55.6. The van der Waals surface area contributed by atoms with Crippen molar-refractivity contribution in [1.82, 2.24) is 0 Å². The number of carbonyl (C=O) groups is 1. The number of carbonyl (C=O) groups excluding carboxylic acids is 1. The average Bonchev–Trinajstić information content (AvgIpc) is 0.676. The van der Waals surface area contributed by atoms with Gasteiger partial charge in [-0.1, -0.05) is 60.1 Å². The van der Waals surface area contributed by atoms with Crippen molar-refractivity contribution in [3.05, 3.63) is 11.6 Å². The lowest BCUT2D eigenvalue weighted by molar-refractivity contribution is -0.381. The smallest absolute Gasteiger partial charge is 0.315 e.